The number of nitrogens with zero attached hydrogens (tertiary/aromatic N) is 1. The van der Waals surface area contributed by atoms with Crippen LogP contribution in [0.3, 0.4) is 0 Å². The Labute approximate surface area is 168 Å². The summed E-state index contributed by atoms with van der Waals surface area (Å²) in [5, 5.41) is 5.51. The first-order valence-electron chi connectivity index (χ1n) is 8.90. The van der Waals surface area contributed by atoms with Gasteiger partial charge in [0, 0.05) is 12.5 Å². The van der Waals surface area contributed by atoms with Gasteiger partial charge in [0.05, 0.1) is 10.2 Å². The highest BCUT2D eigenvalue weighted by Crippen LogP contribution is 2.47. The summed E-state index contributed by atoms with van der Waals surface area (Å²) in [5.41, 5.74) is 4.75. The normalized spacial score (nSPS) is 15.8. The molecule has 1 aromatic heterocycles. The fourth-order valence-electron chi connectivity index (χ4n) is 2.83. The molecule has 2 amide bonds. The third-order valence-electron chi connectivity index (χ3n) is 4.76. The molecule has 158 valence electrons. The number of carbonyl (C=O) groups is 2. The highest BCUT2D eigenvalue weighted by Gasteiger charge is 2.44. The van der Waals surface area contributed by atoms with Crippen molar-refractivity contribution in [3.8, 4) is 5.75 Å². The van der Waals surface area contributed by atoms with Crippen molar-refractivity contribution in [2.24, 2.45) is 11.1 Å². The lowest BCUT2D eigenvalue weighted by molar-refractivity contribution is -0.274. The molecule has 1 aliphatic carbocycles. The number of carbonyl (C=O) groups excluding carboxylic acids is 2. The van der Waals surface area contributed by atoms with Gasteiger partial charge in [-0.2, -0.15) is 0 Å². The largest absolute Gasteiger partial charge is 0.573 e. The molecule has 7 nitrogen and oxygen atoms in total. The van der Waals surface area contributed by atoms with Crippen LogP contribution in [0, 0.1) is 5.41 Å². The number of aromatic nitrogens is 1. The lowest BCUT2D eigenvalue weighted by Gasteiger charge is -2.25. The maximum atomic E-state index is 12.6. The molecule has 2 aromatic rings. The molecular formula is C18H21F3N4O3S. The Bertz CT molecular complexity index is 938. The molecular weight excluding hydrogens is 409 g/mol. The Balaban J connectivity index is 1.65. The summed E-state index contributed by atoms with van der Waals surface area (Å²) in [7, 11) is 0. The monoisotopic (exact) mass is 430 g/mol. The number of hydrogen-bond acceptors (Lipinski definition) is 6. The van der Waals surface area contributed by atoms with Crippen molar-refractivity contribution >= 4 is 38.5 Å². The Hall–Kier alpha value is -2.40. The number of rotatable bonds is 7. The Morgan fingerprint density at radius 2 is 2.00 bits per heavy atom. The van der Waals surface area contributed by atoms with Gasteiger partial charge in [0.25, 0.3) is 5.91 Å². The number of halogens is 3. The van der Waals surface area contributed by atoms with Gasteiger partial charge in [0.1, 0.15) is 11.3 Å². The van der Waals surface area contributed by atoms with Gasteiger partial charge in [-0.25, -0.2) is 4.98 Å². The van der Waals surface area contributed by atoms with Crippen LogP contribution in [0.15, 0.2) is 18.2 Å². The van der Waals surface area contributed by atoms with E-state index in [0.717, 1.165) is 30.2 Å². The number of benzene rings is 1. The molecule has 0 aliphatic heterocycles. The molecule has 1 aromatic carbocycles. The number of thiazole rings is 1. The van der Waals surface area contributed by atoms with E-state index in [-0.39, 0.29) is 28.6 Å². The summed E-state index contributed by atoms with van der Waals surface area (Å²) in [6.45, 7) is 3.55. The maximum absolute atomic E-state index is 12.6. The summed E-state index contributed by atoms with van der Waals surface area (Å²) in [5.74, 6) is -1.12. The van der Waals surface area contributed by atoms with Gasteiger partial charge in [0.15, 0.2) is 5.13 Å². The second-order valence-corrected chi connectivity index (χ2v) is 8.74. The summed E-state index contributed by atoms with van der Waals surface area (Å²) < 4.78 is 41.4. The van der Waals surface area contributed by atoms with Crippen molar-refractivity contribution in [2.45, 2.75) is 45.0 Å². The second-order valence-electron chi connectivity index (χ2n) is 7.70. The molecule has 1 fully saturated rings. The maximum Gasteiger partial charge on any atom is 0.573 e. The zero-order valence-corrected chi connectivity index (χ0v) is 16.7. The van der Waals surface area contributed by atoms with Crippen LogP contribution in [0.2, 0.25) is 0 Å². The molecule has 1 saturated carbocycles. The van der Waals surface area contributed by atoms with Crippen molar-refractivity contribution < 1.29 is 27.5 Å². The molecule has 0 atom stereocenters. The predicted molar refractivity (Wildman–Crippen MR) is 102 cm³/mol. The van der Waals surface area contributed by atoms with E-state index < -0.39 is 17.8 Å². The van der Waals surface area contributed by atoms with E-state index in [0.29, 0.717) is 16.8 Å². The first-order chi connectivity index (χ1) is 13.4. The van der Waals surface area contributed by atoms with E-state index in [2.05, 4.69) is 20.4 Å². The van der Waals surface area contributed by atoms with Crippen molar-refractivity contribution in [1.29, 1.82) is 0 Å². The molecule has 0 unspecified atom stereocenters. The lowest BCUT2D eigenvalue weighted by atomic mass is 9.99. The van der Waals surface area contributed by atoms with Gasteiger partial charge in [-0.1, -0.05) is 11.3 Å². The smallest absolute Gasteiger partial charge is 0.406 e. The number of fused-ring (bicyclic) bond motifs is 1. The van der Waals surface area contributed by atoms with Gasteiger partial charge in [-0.05, 0) is 50.8 Å². The van der Waals surface area contributed by atoms with Crippen molar-refractivity contribution in [3.63, 3.8) is 0 Å². The topological polar surface area (TPSA) is 106 Å². The average molecular weight is 430 g/mol. The van der Waals surface area contributed by atoms with E-state index >= 15 is 0 Å². The molecule has 29 heavy (non-hydrogen) atoms. The minimum Gasteiger partial charge on any atom is -0.406 e. The summed E-state index contributed by atoms with van der Waals surface area (Å²) in [6, 6.07) is 3.72. The number of anilines is 1. The zero-order valence-electron chi connectivity index (χ0n) is 15.9. The molecule has 0 radical (unpaired) electrons. The number of hydrogen-bond donors (Lipinski definition) is 3. The third-order valence-corrected chi connectivity index (χ3v) is 5.69. The molecule has 1 heterocycles. The fraction of sp³-hybridized carbons (Fsp3) is 0.500. The van der Waals surface area contributed by atoms with Gasteiger partial charge in [0.2, 0.25) is 5.91 Å². The minimum absolute atomic E-state index is 0.153. The van der Waals surface area contributed by atoms with Crippen molar-refractivity contribution in [3.05, 3.63) is 18.2 Å². The Morgan fingerprint density at radius 3 is 2.59 bits per heavy atom. The van der Waals surface area contributed by atoms with E-state index in [1.165, 1.54) is 12.1 Å². The first kappa shape index (κ1) is 21.3. The summed E-state index contributed by atoms with van der Waals surface area (Å²) in [6.07, 6.45) is -2.73. The van der Waals surface area contributed by atoms with Crippen LogP contribution in [0.4, 0.5) is 18.3 Å². The van der Waals surface area contributed by atoms with E-state index in [1.54, 1.807) is 13.8 Å². The van der Waals surface area contributed by atoms with Crippen LogP contribution in [-0.2, 0) is 9.59 Å². The molecule has 0 bridgehead atoms. The molecule has 0 saturated heterocycles. The van der Waals surface area contributed by atoms with Gasteiger partial charge >= 0.3 is 6.36 Å². The zero-order chi connectivity index (χ0) is 21.4. The predicted octanol–water partition coefficient (Wildman–Crippen LogP) is 3.16. The molecule has 3 rings (SSSR count). The second kappa shape index (κ2) is 7.45. The van der Waals surface area contributed by atoms with Crippen molar-refractivity contribution in [1.82, 2.24) is 10.3 Å². The van der Waals surface area contributed by atoms with E-state index in [4.69, 9.17) is 5.73 Å². The Kier molecular flexibility index (Phi) is 5.48. The third kappa shape index (κ3) is 5.36. The van der Waals surface area contributed by atoms with E-state index in [1.807, 2.05) is 0 Å². The van der Waals surface area contributed by atoms with Crippen LogP contribution in [0.1, 0.15) is 33.1 Å². The van der Waals surface area contributed by atoms with E-state index in [9.17, 15) is 22.8 Å². The Morgan fingerprint density at radius 1 is 1.31 bits per heavy atom. The van der Waals surface area contributed by atoms with Crippen LogP contribution in [0.5, 0.6) is 5.75 Å². The standard InChI is InChI=1S/C18H21F3N4O3S/c1-16(2,25-13(26)8-17(9-22)5-6-17)14(27)24-15-23-11-4-3-10(7-12(11)29-15)28-18(19,20)21/h3-4,7H,5-6,8-9,22H2,1-2H3,(H,25,26)(H,23,24,27). The van der Waals surface area contributed by atoms with Crippen LogP contribution in [-0.4, -0.2) is 35.2 Å². The number of nitrogens with two attached hydrogens (primary N) is 1. The number of amides is 2. The quantitative estimate of drug-likeness (QED) is 0.626. The highest BCUT2D eigenvalue weighted by atomic mass is 32.1. The van der Waals surface area contributed by atoms with Crippen LogP contribution >= 0.6 is 11.3 Å². The molecule has 11 heteroatoms. The average Bonchev–Trinajstić information content (AvgIpc) is 3.23. The van der Waals surface area contributed by atoms with Gasteiger partial charge < -0.3 is 15.8 Å². The molecule has 1 aliphatic rings. The summed E-state index contributed by atoms with van der Waals surface area (Å²) in [4.78, 5) is 29.0. The lowest BCUT2D eigenvalue weighted by Crippen LogP contribution is -2.52. The molecule has 4 N–H and O–H groups in total. The first-order valence-corrected chi connectivity index (χ1v) is 9.72. The van der Waals surface area contributed by atoms with Crippen LogP contribution in [0.25, 0.3) is 10.2 Å². The highest BCUT2D eigenvalue weighted by molar-refractivity contribution is 7.22. The van der Waals surface area contributed by atoms with Gasteiger partial charge in [-0.3, -0.25) is 14.9 Å². The number of alkyl halides is 3. The number of ether oxygens (including phenoxy) is 1. The summed E-state index contributed by atoms with van der Waals surface area (Å²) >= 11 is 1.00. The van der Waals surface area contributed by atoms with Crippen LogP contribution < -0.4 is 21.1 Å². The SMILES string of the molecule is CC(C)(NC(=O)CC1(CN)CC1)C(=O)Nc1nc2ccc(OC(F)(F)F)cc2s1. The van der Waals surface area contributed by atoms with Gasteiger partial charge in [-0.15, -0.1) is 13.2 Å². The minimum atomic E-state index is -4.79. The number of nitrogens with one attached hydrogen (secondary N) is 2. The fourth-order valence-corrected chi connectivity index (χ4v) is 3.72. The van der Waals surface area contributed by atoms with Crippen molar-refractivity contribution in [2.75, 3.05) is 11.9 Å². The molecule has 0 spiro atoms.